The summed E-state index contributed by atoms with van der Waals surface area (Å²) in [6.07, 6.45) is 6.41. The molecule has 0 rings (SSSR count). The summed E-state index contributed by atoms with van der Waals surface area (Å²) in [6.45, 7) is 11.7. The number of hydrogen-bond donors (Lipinski definition) is 0. The minimum Gasteiger partial charge on any atom is -0.162 e. The van der Waals surface area contributed by atoms with Crippen molar-refractivity contribution in [3.8, 4) is 0 Å². The first-order valence-electron chi connectivity index (χ1n) is 6.05. The van der Waals surface area contributed by atoms with Crippen LogP contribution in [0.4, 0.5) is 0 Å². The van der Waals surface area contributed by atoms with Gasteiger partial charge in [0.2, 0.25) is 0 Å². The van der Waals surface area contributed by atoms with Crippen molar-refractivity contribution < 1.29 is 0 Å². The van der Waals surface area contributed by atoms with E-state index in [9.17, 15) is 0 Å². The molecule has 0 N–H and O–H groups in total. The maximum atomic E-state index is 2.36. The summed E-state index contributed by atoms with van der Waals surface area (Å²) >= 11 is 2.04. The Labute approximate surface area is 95.2 Å². The first kappa shape index (κ1) is 14.3. The normalized spacial score (nSPS) is 16.3. The molecule has 0 aromatic rings. The van der Waals surface area contributed by atoms with Crippen LogP contribution < -0.4 is 0 Å². The van der Waals surface area contributed by atoms with Gasteiger partial charge >= 0.3 is 0 Å². The van der Waals surface area contributed by atoms with Gasteiger partial charge in [0.05, 0.1) is 0 Å². The lowest BCUT2D eigenvalue weighted by molar-refractivity contribution is 0.332. The van der Waals surface area contributed by atoms with Crippen molar-refractivity contribution in [1.29, 1.82) is 0 Å². The summed E-state index contributed by atoms with van der Waals surface area (Å²) in [5.74, 6) is 2.62. The zero-order valence-electron chi connectivity index (χ0n) is 10.8. The third kappa shape index (κ3) is 5.29. The Balaban J connectivity index is 3.88. The fourth-order valence-corrected chi connectivity index (χ4v) is 3.03. The van der Waals surface area contributed by atoms with Crippen molar-refractivity contribution in [2.24, 2.45) is 17.8 Å². The largest absolute Gasteiger partial charge is 0.162 e. The van der Waals surface area contributed by atoms with Crippen molar-refractivity contribution in [2.75, 3.05) is 6.26 Å². The molecule has 0 aliphatic carbocycles. The van der Waals surface area contributed by atoms with Gasteiger partial charge in [-0.15, -0.1) is 0 Å². The van der Waals surface area contributed by atoms with Crippen LogP contribution in [0, 0.1) is 17.8 Å². The van der Waals surface area contributed by atoms with Gasteiger partial charge in [-0.1, -0.05) is 41.0 Å². The molecule has 1 heteroatoms. The van der Waals surface area contributed by atoms with Crippen LogP contribution in [0.15, 0.2) is 0 Å². The van der Waals surface area contributed by atoms with Crippen LogP contribution in [0.5, 0.6) is 0 Å². The molecule has 0 bridgehead atoms. The van der Waals surface area contributed by atoms with E-state index in [0.29, 0.717) is 0 Å². The molecule has 0 heterocycles. The Hall–Kier alpha value is 0.350. The van der Waals surface area contributed by atoms with E-state index in [-0.39, 0.29) is 0 Å². The van der Waals surface area contributed by atoms with Gasteiger partial charge in [-0.2, -0.15) is 11.8 Å². The fourth-order valence-electron chi connectivity index (χ4n) is 2.11. The maximum Gasteiger partial charge on any atom is 0.00673 e. The first-order valence-corrected chi connectivity index (χ1v) is 7.34. The van der Waals surface area contributed by atoms with Crippen LogP contribution in [0.1, 0.15) is 53.9 Å². The SMILES string of the molecule is CCC(CCC(SC)C(C)C)C(C)C. The van der Waals surface area contributed by atoms with E-state index < -0.39 is 0 Å². The van der Waals surface area contributed by atoms with Gasteiger partial charge in [-0.3, -0.25) is 0 Å². The average Bonchev–Trinajstić information content (AvgIpc) is 2.11. The summed E-state index contributed by atoms with van der Waals surface area (Å²) < 4.78 is 0. The average molecular weight is 216 g/mol. The Bertz CT molecular complexity index is 113. The lowest BCUT2D eigenvalue weighted by Crippen LogP contribution is -2.15. The molecule has 0 saturated carbocycles. The summed E-state index contributed by atoms with van der Waals surface area (Å²) in [5.41, 5.74) is 0. The van der Waals surface area contributed by atoms with Crippen molar-refractivity contribution in [3.05, 3.63) is 0 Å². The Kier molecular flexibility index (Phi) is 7.81. The van der Waals surface area contributed by atoms with E-state index in [1.165, 1.54) is 19.3 Å². The molecule has 0 radical (unpaired) electrons. The van der Waals surface area contributed by atoms with Gasteiger partial charge in [0, 0.05) is 5.25 Å². The molecular weight excluding hydrogens is 188 g/mol. The van der Waals surface area contributed by atoms with Crippen molar-refractivity contribution in [3.63, 3.8) is 0 Å². The van der Waals surface area contributed by atoms with E-state index in [2.05, 4.69) is 40.9 Å². The monoisotopic (exact) mass is 216 g/mol. The quantitative estimate of drug-likeness (QED) is 0.587. The molecule has 2 unspecified atom stereocenters. The van der Waals surface area contributed by atoms with Gasteiger partial charge in [0.25, 0.3) is 0 Å². The minimum absolute atomic E-state index is 0.828. The molecule has 0 nitrogen and oxygen atoms in total. The molecular formula is C13H28S. The number of thioether (sulfide) groups is 1. The third-order valence-corrected chi connectivity index (χ3v) is 4.72. The number of hydrogen-bond acceptors (Lipinski definition) is 1. The highest BCUT2D eigenvalue weighted by Crippen LogP contribution is 2.27. The third-order valence-electron chi connectivity index (χ3n) is 3.34. The van der Waals surface area contributed by atoms with Crippen LogP contribution in [-0.4, -0.2) is 11.5 Å². The summed E-state index contributed by atoms with van der Waals surface area (Å²) in [5, 5.41) is 0.864. The van der Waals surface area contributed by atoms with Crippen LogP contribution in [-0.2, 0) is 0 Å². The highest BCUT2D eigenvalue weighted by molar-refractivity contribution is 7.99. The Morgan fingerprint density at radius 3 is 1.79 bits per heavy atom. The van der Waals surface area contributed by atoms with Gasteiger partial charge in [0.15, 0.2) is 0 Å². The van der Waals surface area contributed by atoms with Gasteiger partial charge in [0.1, 0.15) is 0 Å². The molecule has 14 heavy (non-hydrogen) atoms. The first-order chi connectivity index (χ1) is 6.52. The zero-order valence-corrected chi connectivity index (χ0v) is 11.7. The van der Waals surface area contributed by atoms with E-state index >= 15 is 0 Å². The lowest BCUT2D eigenvalue weighted by atomic mass is 9.87. The van der Waals surface area contributed by atoms with E-state index in [1.807, 2.05) is 11.8 Å². The van der Waals surface area contributed by atoms with Gasteiger partial charge in [-0.05, 0) is 36.9 Å². The molecule has 0 aliphatic rings. The molecule has 0 aliphatic heterocycles. The van der Waals surface area contributed by atoms with Crippen LogP contribution >= 0.6 is 11.8 Å². The maximum absolute atomic E-state index is 2.36. The van der Waals surface area contributed by atoms with Gasteiger partial charge < -0.3 is 0 Å². The summed E-state index contributed by atoms with van der Waals surface area (Å²) in [4.78, 5) is 0. The zero-order chi connectivity index (χ0) is 11.1. The topological polar surface area (TPSA) is 0 Å². The molecule has 0 fully saturated rings. The van der Waals surface area contributed by atoms with Gasteiger partial charge in [-0.25, -0.2) is 0 Å². The van der Waals surface area contributed by atoms with E-state index in [1.54, 1.807) is 0 Å². The smallest absolute Gasteiger partial charge is 0.00673 e. The second-order valence-corrected chi connectivity index (χ2v) is 6.08. The molecule has 0 amide bonds. The minimum atomic E-state index is 0.828. The van der Waals surface area contributed by atoms with E-state index in [4.69, 9.17) is 0 Å². The van der Waals surface area contributed by atoms with Crippen LogP contribution in [0.2, 0.25) is 0 Å². The highest BCUT2D eigenvalue weighted by Gasteiger charge is 2.16. The predicted molar refractivity (Wildman–Crippen MR) is 70.0 cm³/mol. The highest BCUT2D eigenvalue weighted by atomic mass is 32.2. The molecule has 0 spiro atoms. The van der Waals surface area contributed by atoms with Crippen LogP contribution in [0.3, 0.4) is 0 Å². The molecule has 2 atom stereocenters. The molecule has 0 aromatic carbocycles. The summed E-state index contributed by atoms with van der Waals surface area (Å²) in [6, 6.07) is 0. The van der Waals surface area contributed by atoms with E-state index in [0.717, 1.165) is 23.0 Å². The number of rotatable bonds is 7. The van der Waals surface area contributed by atoms with Crippen molar-refractivity contribution in [1.82, 2.24) is 0 Å². The second-order valence-electron chi connectivity index (χ2n) is 5.01. The Morgan fingerprint density at radius 1 is 0.929 bits per heavy atom. The lowest BCUT2D eigenvalue weighted by Gasteiger charge is -2.24. The summed E-state index contributed by atoms with van der Waals surface area (Å²) in [7, 11) is 0. The standard InChI is InChI=1S/C13H28S/c1-7-12(10(2)3)8-9-13(14-6)11(4)5/h10-13H,7-9H2,1-6H3. The van der Waals surface area contributed by atoms with Crippen molar-refractivity contribution >= 4 is 11.8 Å². The van der Waals surface area contributed by atoms with Crippen molar-refractivity contribution in [2.45, 2.75) is 59.1 Å². The molecule has 0 saturated heterocycles. The Morgan fingerprint density at radius 2 is 1.50 bits per heavy atom. The molecule has 86 valence electrons. The second kappa shape index (κ2) is 7.62. The predicted octanol–water partition coefficient (Wildman–Crippen LogP) is 4.84. The van der Waals surface area contributed by atoms with Crippen LogP contribution in [0.25, 0.3) is 0 Å². The molecule has 0 aromatic heterocycles. The fraction of sp³-hybridized carbons (Fsp3) is 1.00.